The van der Waals surface area contributed by atoms with Crippen LogP contribution in [0.3, 0.4) is 0 Å². The van der Waals surface area contributed by atoms with Crippen molar-refractivity contribution in [2.24, 2.45) is 0 Å². The SMILES string of the molecule is CC(=O)N1c2nc(C(=O)N[C@H](COS(C)(=O)=O)C(F)(F)F)ccc2N2CC[C@H]1C2. The van der Waals surface area contributed by atoms with Gasteiger partial charge in [0, 0.05) is 20.0 Å². The average Bonchev–Trinajstić information content (AvgIpc) is 3.00. The van der Waals surface area contributed by atoms with Crippen molar-refractivity contribution in [1.82, 2.24) is 10.3 Å². The topological polar surface area (TPSA) is 109 Å². The van der Waals surface area contributed by atoms with Crippen LogP contribution in [0.4, 0.5) is 24.7 Å². The van der Waals surface area contributed by atoms with Gasteiger partial charge in [-0.3, -0.25) is 18.7 Å². The van der Waals surface area contributed by atoms with Crippen molar-refractivity contribution in [3.05, 3.63) is 17.8 Å². The molecule has 0 aliphatic carbocycles. The summed E-state index contributed by atoms with van der Waals surface area (Å²) in [4.78, 5) is 32.0. The highest BCUT2D eigenvalue weighted by atomic mass is 32.2. The minimum atomic E-state index is -4.94. The minimum Gasteiger partial charge on any atom is -0.366 e. The van der Waals surface area contributed by atoms with Gasteiger partial charge in [-0.2, -0.15) is 21.6 Å². The summed E-state index contributed by atoms with van der Waals surface area (Å²) in [6.45, 7) is 1.38. The summed E-state index contributed by atoms with van der Waals surface area (Å²) in [5.74, 6) is -1.23. The number of nitrogens with zero attached hydrogens (tertiary/aromatic N) is 3. The maximum absolute atomic E-state index is 13.2. The lowest BCUT2D eigenvalue weighted by atomic mass is 10.1. The van der Waals surface area contributed by atoms with Gasteiger partial charge in [-0.25, -0.2) is 4.98 Å². The molecule has 160 valence electrons. The van der Waals surface area contributed by atoms with E-state index in [9.17, 15) is 31.2 Å². The molecule has 3 heterocycles. The molecule has 0 spiro atoms. The molecule has 0 aromatic carbocycles. The number of pyridine rings is 1. The van der Waals surface area contributed by atoms with Crippen LogP contribution < -0.4 is 15.1 Å². The lowest BCUT2D eigenvalue weighted by Gasteiger charge is -2.35. The summed E-state index contributed by atoms with van der Waals surface area (Å²) < 4.78 is 65.6. The molecule has 2 atom stereocenters. The molecular weight excluding hydrogens is 417 g/mol. The van der Waals surface area contributed by atoms with Crippen molar-refractivity contribution >= 4 is 33.4 Å². The number of rotatable bonds is 5. The number of fused-ring (bicyclic) bond motifs is 4. The fraction of sp³-hybridized carbons (Fsp3) is 0.562. The summed E-state index contributed by atoms with van der Waals surface area (Å²) in [7, 11) is -4.13. The molecular formula is C16H19F3N4O5S. The molecule has 2 aliphatic heterocycles. The van der Waals surface area contributed by atoms with E-state index in [1.165, 1.54) is 24.0 Å². The first-order valence-corrected chi connectivity index (χ1v) is 10.5. The molecule has 13 heteroatoms. The van der Waals surface area contributed by atoms with Crippen molar-refractivity contribution in [2.75, 3.05) is 35.8 Å². The Morgan fingerprint density at radius 2 is 2.07 bits per heavy atom. The molecule has 1 N–H and O–H groups in total. The number of anilines is 2. The van der Waals surface area contributed by atoms with Crippen molar-refractivity contribution in [3.8, 4) is 0 Å². The first kappa shape index (κ1) is 21.3. The normalized spacial score (nSPS) is 19.7. The van der Waals surface area contributed by atoms with Crippen LogP contribution in [-0.4, -0.2) is 69.4 Å². The fourth-order valence-electron chi connectivity index (χ4n) is 3.38. The van der Waals surface area contributed by atoms with Gasteiger partial charge in [-0.15, -0.1) is 0 Å². The summed E-state index contributed by atoms with van der Waals surface area (Å²) in [6.07, 6.45) is -3.62. The Kier molecular flexibility index (Phi) is 5.47. The third-order valence-electron chi connectivity index (χ3n) is 4.67. The number of carbonyl (C=O) groups excluding carboxylic acids is 2. The van der Waals surface area contributed by atoms with E-state index in [1.807, 2.05) is 4.90 Å². The Morgan fingerprint density at radius 1 is 1.38 bits per heavy atom. The van der Waals surface area contributed by atoms with Crippen LogP contribution in [-0.2, 0) is 19.1 Å². The van der Waals surface area contributed by atoms with Crippen LogP contribution in [0.25, 0.3) is 0 Å². The molecule has 0 unspecified atom stereocenters. The van der Waals surface area contributed by atoms with Gasteiger partial charge in [-0.05, 0) is 18.6 Å². The van der Waals surface area contributed by atoms with Crippen LogP contribution >= 0.6 is 0 Å². The molecule has 2 bridgehead atoms. The second-order valence-electron chi connectivity index (χ2n) is 6.87. The van der Waals surface area contributed by atoms with E-state index < -0.39 is 34.9 Å². The minimum absolute atomic E-state index is 0.114. The van der Waals surface area contributed by atoms with E-state index in [2.05, 4.69) is 9.17 Å². The molecule has 1 fully saturated rings. The predicted molar refractivity (Wildman–Crippen MR) is 96.1 cm³/mol. The van der Waals surface area contributed by atoms with Gasteiger partial charge < -0.3 is 10.2 Å². The Labute approximate surface area is 164 Å². The standard InChI is InChI=1S/C16H19F3N4O5S/c1-9(24)23-10-5-6-22(7-10)12-4-3-11(20-14(12)23)15(25)21-13(16(17,18)19)8-28-29(2,26)27/h3-4,10,13H,5-8H2,1-2H3,(H,21,25)/t10-,13+/m0/s1. The molecule has 0 saturated carbocycles. The van der Waals surface area contributed by atoms with Gasteiger partial charge in [0.2, 0.25) is 5.91 Å². The predicted octanol–water partition coefficient (Wildman–Crippen LogP) is 0.664. The number of aromatic nitrogens is 1. The second-order valence-corrected chi connectivity index (χ2v) is 8.52. The highest BCUT2D eigenvalue weighted by molar-refractivity contribution is 7.85. The smallest absolute Gasteiger partial charge is 0.366 e. The molecule has 1 saturated heterocycles. The van der Waals surface area contributed by atoms with Crippen molar-refractivity contribution in [3.63, 3.8) is 0 Å². The number of carbonyl (C=O) groups is 2. The van der Waals surface area contributed by atoms with Gasteiger partial charge in [0.05, 0.1) is 24.6 Å². The zero-order valence-corrected chi connectivity index (χ0v) is 16.4. The van der Waals surface area contributed by atoms with Gasteiger partial charge in [-0.1, -0.05) is 0 Å². The Balaban J connectivity index is 1.85. The Bertz CT molecular complexity index is 937. The van der Waals surface area contributed by atoms with Crippen molar-refractivity contribution in [1.29, 1.82) is 0 Å². The van der Waals surface area contributed by atoms with Crippen LogP contribution in [0.1, 0.15) is 23.8 Å². The van der Waals surface area contributed by atoms with Crippen molar-refractivity contribution < 1.29 is 35.4 Å². The molecule has 1 aromatic rings. The van der Waals surface area contributed by atoms with E-state index in [0.29, 0.717) is 25.0 Å². The first-order valence-electron chi connectivity index (χ1n) is 8.64. The summed E-state index contributed by atoms with van der Waals surface area (Å²) in [6, 6.07) is 0.128. The third kappa shape index (κ3) is 4.61. The first-order chi connectivity index (χ1) is 13.4. The third-order valence-corrected chi connectivity index (χ3v) is 5.24. The summed E-state index contributed by atoms with van der Waals surface area (Å²) in [5, 5.41) is 1.70. The molecule has 29 heavy (non-hydrogen) atoms. The van der Waals surface area contributed by atoms with E-state index >= 15 is 0 Å². The maximum atomic E-state index is 13.2. The largest absolute Gasteiger partial charge is 0.410 e. The van der Waals surface area contributed by atoms with Gasteiger partial charge in [0.1, 0.15) is 11.7 Å². The molecule has 2 aliphatic rings. The molecule has 1 aromatic heterocycles. The summed E-state index contributed by atoms with van der Waals surface area (Å²) in [5.41, 5.74) is 0.296. The van der Waals surface area contributed by atoms with Gasteiger partial charge >= 0.3 is 6.18 Å². The van der Waals surface area contributed by atoms with E-state index in [0.717, 1.165) is 6.42 Å². The van der Waals surface area contributed by atoms with E-state index in [4.69, 9.17) is 0 Å². The monoisotopic (exact) mass is 436 g/mol. The number of hydrogen-bond acceptors (Lipinski definition) is 7. The van der Waals surface area contributed by atoms with Crippen LogP contribution in [0, 0.1) is 0 Å². The molecule has 3 rings (SSSR count). The number of halogens is 3. The number of nitrogens with one attached hydrogen (secondary N) is 1. The molecule has 9 nitrogen and oxygen atoms in total. The quantitative estimate of drug-likeness (QED) is 0.676. The Morgan fingerprint density at radius 3 is 2.66 bits per heavy atom. The van der Waals surface area contributed by atoms with Crippen LogP contribution in [0.2, 0.25) is 0 Å². The van der Waals surface area contributed by atoms with Crippen molar-refractivity contribution in [2.45, 2.75) is 31.6 Å². The van der Waals surface area contributed by atoms with E-state index in [1.54, 1.807) is 5.32 Å². The molecule has 0 radical (unpaired) electrons. The zero-order valence-electron chi connectivity index (χ0n) is 15.6. The number of hydrogen-bond donors (Lipinski definition) is 1. The number of amides is 2. The van der Waals surface area contributed by atoms with Crippen LogP contribution in [0.5, 0.6) is 0 Å². The molecule has 2 amide bonds. The highest BCUT2D eigenvalue weighted by Gasteiger charge is 2.43. The lowest BCUT2D eigenvalue weighted by Crippen LogP contribution is -2.49. The fourth-order valence-corrected chi connectivity index (χ4v) is 3.77. The maximum Gasteiger partial charge on any atom is 0.410 e. The van der Waals surface area contributed by atoms with E-state index in [-0.39, 0.29) is 23.5 Å². The Hall–Kier alpha value is -2.41. The number of alkyl halides is 3. The zero-order chi connectivity index (χ0) is 21.6. The summed E-state index contributed by atoms with van der Waals surface area (Å²) >= 11 is 0. The van der Waals surface area contributed by atoms with Crippen LogP contribution in [0.15, 0.2) is 12.1 Å². The average molecular weight is 436 g/mol. The lowest BCUT2D eigenvalue weighted by molar-refractivity contribution is -0.159. The van der Waals surface area contributed by atoms with Gasteiger partial charge in [0.25, 0.3) is 16.0 Å². The highest BCUT2D eigenvalue weighted by Crippen LogP contribution is 2.38. The second kappa shape index (κ2) is 7.44. The van der Waals surface area contributed by atoms with Gasteiger partial charge in [0.15, 0.2) is 5.82 Å².